The minimum atomic E-state index is -4.06. The molecule has 0 bridgehead atoms. The number of rotatable bonds is 5. The summed E-state index contributed by atoms with van der Waals surface area (Å²) in [5.41, 5.74) is 6.65. The van der Waals surface area contributed by atoms with Crippen LogP contribution in [0, 0.1) is 0 Å². The Balaban J connectivity index is 2.45. The van der Waals surface area contributed by atoms with E-state index in [1.807, 2.05) is 23.6 Å². The molecule has 0 aliphatic rings. The average Bonchev–Trinajstić information content (AvgIpc) is 2.49. The largest absolute Gasteiger partial charge is 0.389 e. The Hall–Kier alpha value is -0.970. The molecule has 1 aromatic heterocycles. The zero-order chi connectivity index (χ0) is 12.2. The van der Waals surface area contributed by atoms with Crippen LogP contribution in [0.2, 0.25) is 0 Å². The quantitative estimate of drug-likeness (QED) is 0.834. The van der Waals surface area contributed by atoms with Crippen LogP contribution in [-0.4, -0.2) is 16.8 Å². The van der Waals surface area contributed by atoms with Crippen LogP contribution in [0.25, 0.3) is 0 Å². The van der Waals surface area contributed by atoms with Gasteiger partial charge in [0.05, 0.1) is 0 Å². The number of aryl methyl sites for hydroxylation is 1. The Morgan fingerprint density at radius 2 is 2.12 bits per heavy atom. The number of aromatic nitrogens is 1. The van der Waals surface area contributed by atoms with Crippen molar-refractivity contribution in [3.8, 4) is 0 Å². The second kappa shape index (κ2) is 5.39. The molecule has 92 valence electrons. The van der Waals surface area contributed by atoms with Crippen LogP contribution in [0.4, 0.5) is 13.2 Å². The minimum absolute atomic E-state index is 0.0243. The van der Waals surface area contributed by atoms with E-state index in [4.69, 9.17) is 5.73 Å². The van der Waals surface area contributed by atoms with E-state index in [0.717, 1.165) is 5.69 Å². The molecule has 0 aliphatic heterocycles. The maximum absolute atomic E-state index is 12.0. The Labute approximate surface area is 93.2 Å². The van der Waals surface area contributed by atoms with Crippen molar-refractivity contribution in [2.24, 2.45) is 5.73 Å². The lowest BCUT2D eigenvalue weighted by atomic mass is 10.2. The molecule has 1 rings (SSSR count). The minimum Gasteiger partial charge on any atom is -0.351 e. The molecular formula is C11H17F3N2. The highest BCUT2D eigenvalue weighted by Crippen LogP contribution is 2.22. The Morgan fingerprint density at radius 1 is 1.44 bits per heavy atom. The third-order valence-electron chi connectivity index (χ3n) is 2.31. The van der Waals surface area contributed by atoms with Crippen molar-refractivity contribution in [3.05, 3.63) is 24.0 Å². The Kier molecular flexibility index (Phi) is 4.41. The molecule has 16 heavy (non-hydrogen) atoms. The number of nitrogens with zero attached hydrogens (tertiary/aromatic N) is 1. The van der Waals surface area contributed by atoms with Crippen LogP contribution < -0.4 is 5.73 Å². The summed E-state index contributed by atoms with van der Waals surface area (Å²) in [5, 5.41) is 0. The van der Waals surface area contributed by atoms with Gasteiger partial charge in [-0.15, -0.1) is 0 Å². The van der Waals surface area contributed by atoms with Crippen LogP contribution in [0.3, 0.4) is 0 Å². The van der Waals surface area contributed by atoms with Crippen LogP contribution in [0.15, 0.2) is 18.3 Å². The summed E-state index contributed by atoms with van der Waals surface area (Å²) in [6.45, 7) is 2.28. The monoisotopic (exact) mass is 234 g/mol. The topological polar surface area (TPSA) is 30.9 Å². The van der Waals surface area contributed by atoms with Crippen LogP contribution in [0.1, 0.15) is 25.5 Å². The summed E-state index contributed by atoms with van der Waals surface area (Å²) in [4.78, 5) is 0. The van der Waals surface area contributed by atoms with Gasteiger partial charge < -0.3 is 10.3 Å². The molecule has 0 fully saturated rings. The fraction of sp³-hybridized carbons (Fsp3) is 0.636. The van der Waals surface area contributed by atoms with E-state index in [1.165, 1.54) is 0 Å². The molecule has 1 heterocycles. The molecule has 0 spiro atoms. The number of halogens is 3. The normalized spacial score (nSPS) is 14.1. The van der Waals surface area contributed by atoms with Gasteiger partial charge in [-0.25, -0.2) is 0 Å². The first kappa shape index (κ1) is 13.1. The second-order valence-electron chi connectivity index (χ2n) is 4.09. The first-order chi connectivity index (χ1) is 7.38. The summed E-state index contributed by atoms with van der Waals surface area (Å²) in [6.07, 6.45) is -2.19. The van der Waals surface area contributed by atoms with E-state index < -0.39 is 12.6 Å². The van der Waals surface area contributed by atoms with Crippen LogP contribution in [-0.2, 0) is 13.0 Å². The highest BCUT2D eigenvalue weighted by molar-refractivity contribution is 5.08. The van der Waals surface area contributed by atoms with Gasteiger partial charge in [-0.2, -0.15) is 13.2 Å². The average molecular weight is 234 g/mol. The third-order valence-corrected chi connectivity index (χ3v) is 2.31. The highest BCUT2D eigenvalue weighted by atomic mass is 19.4. The van der Waals surface area contributed by atoms with E-state index in [9.17, 15) is 13.2 Å². The number of hydrogen-bond acceptors (Lipinski definition) is 1. The predicted octanol–water partition coefficient (Wildman–Crippen LogP) is 2.72. The summed E-state index contributed by atoms with van der Waals surface area (Å²) in [5.74, 6) is 0. The van der Waals surface area contributed by atoms with Crippen LogP contribution >= 0.6 is 0 Å². The third kappa shape index (κ3) is 4.70. The number of hydrogen-bond donors (Lipinski definition) is 1. The highest BCUT2D eigenvalue weighted by Gasteiger charge is 2.26. The van der Waals surface area contributed by atoms with Crippen LogP contribution in [0.5, 0.6) is 0 Å². The van der Waals surface area contributed by atoms with Gasteiger partial charge in [-0.3, -0.25) is 0 Å². The van der Waals surface area contributed by atoms with E-state index in [0.29, 0.717) is 13.0 Å². The molecule has 1 unspecified atom stereocenters. The zero-order valence-corrected chi connectivity index (χ0v) is 9.30. The fourth-order valence-electron chi connectivity index (χ4n) is 1.63. The van der Waals surface area contributed by atoms with Crippen molar-refractivity contribution in [1.82, 2.24) is 4.57 Å². The summed E-state index contributed by atoms with van der Waals surface area (Å²) < 4.78 is 37.7. The first-order valence-corrected chi connectivity index (χ1v) is 5.35. The van der Waals surface area contributed by atoms with Gasteiger partial charge in [0, 0.05) is 37.3 Å². The van der Waals surface area contributed by atoms with Crippen molar-refractivity contribution in [2.75, 3.05) is 0 Å². The molecule has 0 amide bonds. The lowest BCUT2D eigenvalue weighted by Gasteiger charge is -2.12. The van der Waals surface area contributed by atoms with Gasteiger partial charge in [0.2, 0.25) is 0 Å². The lowest BCUT2D eigenvalue weighted by molar-refractivity contribution is -0.135. The Bertz CT molecular complexity index is 315. The second-order valence-corrected chi connectivity index (χ2v) is 4.09. The van der Waals surface area contributed by atoms with E-state index >= 15 is 0 Å². The Morgan fingerprint density at radius 3 is 2.69 bits per heavy atom. The predicted molar refractivity (Wildman–Crippen MR) is 57.1 cm³/mol. The number of alkyl halides is 3. The molecule has 0 radical (unpaired) electrons. The standard InChI is InChI=1S/C11H17F3N2/c1-9(15)8-10-4-2-6-16(10)7-3-5-11(12,13)14/h2,4,6,9H,3,5,7-8,15H2,1H3. The molecule has 2 N–H and O–H groups in total. The van der Waals surface area contributed by atoms with Gasteiger partial charge in [-0.1, -0.05) is 0 Å². The van der Waals surface area contributed by atoms with Gasteiger partial charge in [0.15, 0.2) is 0 Å². The van der Waals surface area contributed by atoms with Gasteiger partial charge in [0.25, 0.3) is 0 Å². The molecule has 0 aromatic carbocycles. The summed E-state index contributed by atoms with van der Waals surface area (Å²) in [7, 11) is 0. The molecule has 5 heteroatoms. The molecule has 1 atom stereocenters. The van der Waals surface area contributed by atoms with Gasteiger partial charge in [0.1, 0.15) is 0 Å². The van der Waals surface area contributed by atoms with Gasteiger partial charge in [-0.05, 0) is 25.5 Å². The van der Waals surface area contributed by atoms with Crippen molar-refractivity contribution in [3.63, 3.8) is 0 Å². The molecule has 0 aliphatic carbocycles. The smallest absolute Gasteiger partial charge is 0.351 e. The molecule has 0 saturated carbocycles. The fourth-order valence-corrected chi connectivity index (χ4v) is 1.63. The lowest BCUT2D eigenvalue weighted by Crippen LogP contribution is -2.20. The van der Waals surface area contributed by atoms with Gasteiger partial charge >= 0.3 is 6.18 Å². The van der Waals surface area contributed by atoms with Crippen molar-refractivity contribution in [1.29, 1.82) is 0 Å². The van der Waals surface area contributed by atoms with E-state index in [2.05, 4.69) is 0 Å². The molecule has 1 aromatic rings. The van der Waals surface area contributed by atoms with E-state index in [-0.39, 0.29) is 12.5 Å². The molecular weight excluding hydrogens is 217 g/mol. The summed E-state index contributed by atoms with van der Waals surface area (Å²) >= 11 is 0. The van der Waals surface area contributed by atoms with Crippen molar-refractivity contribution in [2.45, 2.75) is 44.9 Å². The first-order valence-electron chi connectivity index (χ1n) is 5.35. The molecule has 0 saturated heterocycles. The van der Waals surface area contributed by atoms with Crippen molar-refractivity contribution >= 4 is 0 Å². The maximum Gasteiger partial charge on any atom is 0.389 e. The SMILES string of the molecule is CC(N)Cc1cccn1CCCC(F)(F)F. The molecule has 2 nitrogen and oxygen atoms in total. The summed E-state index contributed by atoms with van der Waals surface area (Å²) in [6, 6.07) is 3.76. The zero-order valence-electron chi connectivity index (χ0n) is 9.30. The van der Waals surface area contributed by atoms with Crippen molar-refractivity contribution < 1.29 is 13.2 Å². The maximum atomic E-state index is 12.0. The van der Waals surface area contributed by atoms with E-state index in [1.54, 1.807) is 6.20 Å². The number of nitrogens with two attached hydrogens (primary N) is 1.